The van der Waals surface area contributed by atoms with E-state index in [1.54, 1.807) is 30.8 Å². The van der Waals surface area contributed by atoms with E-state index in [1.807, 2.05) is 0 Å². The van der Waals surface area contributed by atoms with Crippen molar-refractivity contribution in [1.29, 1.82) is 0 Å². The molecule has 0 spiro atoms. The number of rotatable bonds is 4. The van der Waals surface area contributed by atoms with Crippen molar-refractivity contribution in [2.75, 3.05) is 0 Å². The zero-order chi connectivity index (χ0) is 13.2. The van der Waals surface area contributed by atoms with Crippen molar-refractivity contribution in [3.8, 4) is 0 Å². The van der Waals surface area contributed by atoms with E-state index in [-0.39, 0.29) is 0 Å². The van der Waals surface area contributed by atoms with Crippen molar-refractivity contribution in [3.63, 3.8) is 0 Å². The highest BCUT2D eigenvalue weighted by molar-refractivity contribution is 9.10. The predicted octanol–water partition coefficient (Wildman–Crippen LogP) is 1.77. The minimum absolute atomic E-state index is 0.319. The molecule has 94 valence electrons. The zero-order valence-electron chi connectivity index (χ0n) is 9.95. The summed E-state index contributed by atoms with van der Waals surface area (Å²) >= 11 is 3.26. The Labute approximate surface area is 108 Å². The van der Waals surface area contributed by atoms with E-state index < -0.39 is 17.4 Å². The second-order valence-corrected chi connectivity index (χ2v) is 5.02. The fourth-order valence-corrected chi connectivity index (χ4v) is 1.88. The van der Waals surface area contributed by atoms with Crippen LogP contribution in [0.15, 0.2) is 16.7 Å². The number of carbonyl (C=O) groups excluding carboxylic acids is 1. The summed E-state index contributed by atoms with van der Waals surface area (Å²) < 4.78 is 2.41. The first-order valence-corrected chi connectivity index (χ1v) is 5.97. The van der Waals surface area contributed by atoms with Gasteiger partial charge in [0.15, 0.2) is 0 Å². The first kappa shape index (κ1) is 13.8. The third kappa shape index (κ3) is 2.88. The number of carboxylic acid groups (broad SMARTS) is 1. The molecule has 0 unspecified atom stereocenters. The number of nitrogens with one attached hydrogen (secondary N) is 1. The monoisotopic (exact) mass is 302 g/mol. The van der Waals surface area contributed by atoms with E-state index in [2.05, 4.69) is 21.2 Å². The van der Waals surface area contributed by atoms with Crippen LogP contribution in [0.4, 0.5) is 0 Å². The number of amides is 1. The number of aromatic nitrogens is 1. The summed E-state index contributed by atoms with van der Waals surface area (Å²) in [6.45, 7) is 3.21. The molecule has 1 rings (SSSR count). The molecule has 1 aromatic heterocycles. The van der Waals surface area contributed by atoms with E-state index in [4.69, 9.17) is 5.11 Å². The van der Waals surface area contributed by atoms with Crippen LogP contribution in [0, 0.1) is 0 Å². The zero-order valence-corrected chi connectivity index (χ0v) is 11.5. The highest BCUT2D eigenvalue weighted by Crippen LogP contribution is 2.16. The molecule has 0 aliphatic rings. The molecule has 0 saturated heterocycles. The van der Waals surface area contributed by atoms with Gasteiger partial charge in [0.05, 0.1) is 0 Å². The Bertz CT molecular complexity index is 456. The third-order valence-corrected chi connectivity index (χ3v) is 3.21. The molecule has 0 bridgehead atoms. The summed E-state index contributed by atoms with van der Waals surface area (Å²) in [4.78, 5) is 23.0. The Morgan fingerprint density at radius 2 is 2.18 bits per heavy atom. The lowest BCUT2D eigenvalue weighted by Gasteiger charge is -2.24. The van der Waals surface area contributed by atoms with Gasteiger partial charge >= 0.3 is 5.97 Å². The van der Waals surface area contributed by atoms with Gasteiger partial charge in [-0.2, -0.15) is 0 Å². The maximum absolute atomic E-state index is 11.9. The first-order chi connectivity index (χ1) is 7.80. The number of halogens is 1. The summed E-state index contributed by atoms with van der Waals surface area (Å²) in [5.74, 6) is -1.44. The molecular formula is C11H15BrN2O3. The molecule has 0 saturated carbocycles. The molecule has 2 N–H and O–H groups in total. The maximum Gasteiger partial charge on any atom is 0.329 e. The van der Waals surface area contributed by atoms with Crippen LogP contribution in [-0.4, -0.2) is 27.1 Å². The van der Waals surface area contributed by atoms with Crippen molar-refractivity contribution in [1.82, 2.24) is 9.88 Å². The Morgan fingerprint density at radius 1 is 1.59 bits per heavy atom. The molecular weight excluding hydrogens is 288 g/mol. The van der Waals surface area contributed by atoms with Crippen LogP contribution in [0.3, 0.4) is 0 Å². The molecule has 0 radical (unpaired) electrons. The van der Waals surface area contributed by atoms with Crippen LogP contribution in [-0.2, 0) is 11.8 Å². The van der Waals surface area contributed by atoms with Gasteiger partial charge in [-0.25, -0.2) is 4.79 Å². The summed E-state index contributed by atoms with van der Waals surface area (Å²) in [5.41, 5.74) is -0.828. The van der Waals surface area contributed by atoms with Gasteiger partial charge < -0.3 is 15.0 Å². The Morgan fingerprint density at radius 3 is 2.53 bits per heavy atom. The fraction of sp³-hybridized carbons (Fsp3) is 0.455. The van der Waals surface area contributed by atoms with Crippen LogP contribution in [0.25, 0.3) is 0 Å². The quantitative estimate of drug-likeness (QED) is 0.890. The highest BCUT2D eigenvalue weighted by Gasteiger charge is 2.33. The number of hydrogen-bond donors (Lipinski definition) is 2. The van der Waals surface area contributed by atoms with Crippen LogP contribution in [0.1, 0.15) is 30.8 Å². The lowest BCUT2D eigenvalue weighted by Crippen LogP contribution is -2.52. The van der Waals surface area contributed by atoms with Crippen LogP contribution < -0.4 is 5.32 Å². The van der Waals surface area contributed by atoms with Crippen molar-refractivity contribution in [2.24, 2.45) is 7.05 Å². The SMILES string of the molecule is CC[C@](C)(NC(=O)c1cc(Br)cn1C)C(=O)O. The van der Waals surface area contributed by atoms with Crippen LogP contribution >= 0.6 is 15.9 Å². The van der Waals surface area contributed by atoms with Crippen LogP contribution in [0.2, 0.25) is 0 Å². The predicted molar refractivity (Wildman–Crippen MR) is 66.9 cm³/mol. The van der Waals surface area contributed by atoms with Gasteiger partial charge in [0.25, 0.3) is 5.91 Å². The minimum Gasteiger partial charge on any atom is -0.480 e. The third-order valence-electron chi connectivity index (χ3n) is 2.77. The van der Waals surface area contributed by atoms with E-state index in [9.17, 15) is 9.59 Å². The van der Waals surface area contributed by atoms with Crippen LogP contribution in [0.5, 0.6) is 0 Å². The standard InChI is InChI=1S/C11H15BrN2O3/c1-4-11(2,10(16)17)13-9(15)8-5-7(12)6-14(8)3/h5-6H,4H2,1-3H3,(H,13,15)(H,16,17)/t11-/m0/s1. The second-order valence-electron chi connectivity index (χ2n) is 4.10. The molecule has 17 heavy (non-hydrogen) atoms. The molecule has 1 amide bonds. The number of aliphatic carboxylic acids is 1. The average Bonchev–Trinajstić information content (AvgIpc) is 2.57. The Balaban J connectivity index is 2.93. The molecule has 0 aliphatic heterocycles. The second kappa shape index (κ2) is 4.91. The number of carbonyl (C=O) groups is 2. The molecule has 1 atom stereocenters. The van der Waals surface area contributed by atoms with E-state index in [0.717, 1.165) is 4.47 Å². The molecule has 0 aromatic carbocycles. The molecule has 1 aromatic rings. The van der Waals surface area contributed by atoms with Gasteiger partial charge in [-0.3, -0.25) is 4.79 Å². The largest absolute Gasteiger partial charge is 0.480 e. The number of aryl methyl sites for hydroxylation is 1. The van der Waals surface area contributed by atoms with Crippen molar-refractivity contribution in [3.05, 3.63) is 22.4 Å². The fourth-order valence-electron chi connectivity index (χ4n) is 1.36. The first-order valence-electron chi connectivity index (χ1n) is 5.18. The summed E-state index contributed by atoms with van der Waals surface area (Å²) in [6, 6.07) is 1.65. The van der Waals surface area contributed by atoms with Crippen molar-refractivity contribution < 1.29 is 14.7 Å². The minimum atomic E-state index is -1.24. The number of nitrogens with zero attached hydrogens (tertiary/aromatic N) is 1. The van der Waals surface area contributed by atoms with Gasteiger partial charge in [-0.05, 0) is 35.3 Å². The molecule has 0 fully saturated rings. The smallest absolute Gasteiger partial charge is 0.329 e. The van der Waals surface area contributed by atoms with Crippen molar-refractivity contribution in [2.45, 2.75) is 25.8 Å². The van der Waals surface area contributed by atoms with E-state index in [1.165, 1.54) is 6.92 Å². The highest BCUT2D eigenvalue weighted by atomic mass is 79.9. The van der Waals surface area contributed by atoms with E-state index in [0.29, 0.717) is 12.1 Å². The van der Waals surface area contributed by atoms with Gasteiger partial charge in [-0.15, -0.1) is 0 Å². The lowest BCUT2D eigenvalue weighted by atomic mass is 9.99. The average molecular weight is 303 g/mol. The Kier molecular flexibility index (Phi) is 3.98. The molecule has 6 heteroatoms. The van der Waals surface area contributed by atoms with E-state index >= 15 is 0 Å². The van der Waals surface area contributed by atoms with Gasteiger partial charge in [-0.1, -0.05) is 6.92 Å². The molecule has 1 heterocycles. The normalized spacial score (nSPS) is 14.1. The Hall–Kier alpha value is -1.30. The van der Waals surface area contributed by atoms with Crippen molar-refractivity contribution >= 4 is 27.8 Å². The maximum atomic E-state index is 11.9. The van der Waals surface area contributed by atoms with Gasteiger partial charge in [0.2, 0.25) is 0 Å². The van der Waals surface area contributed by atoms with Gasteiger partial charge in [0, 0.05) is 17.7 Å². The number of carboxylic acids is 1. The molecule has 5 nitrogen and oxygen atoms in total. The van der Waals surface area contributed by atoms with Gasteiger partial charge in [0.1, 0.15) is 11.2 Å². The summed E-state index contributed by atoms with van der Waals surface area (Å²) in [5, 5.41) is 11.6. The lowest BCUT2D eigenvalue weighted by molar-refractivity contribution is -0.143. The summed E-state index contributed by atoms with van der Waals surface area (Å²) in [6.07, 6.45) is 2.05. The topological polar surface area (TPSA) is 71.3 Å². The summed E-state index contributed by atoms with van der Waals surface area (Å²) in [7, 11) is 1.73. The number of hydrogen-bond acceptors (Lipinski definition) is 2. The molecule has 0 aliphatic carbocycles.